The van der Waals surface area contributed by atoms with Gasteiger partial charge in [0, 0.05) is 26.0 Å². The molecule has 5 heteroatoms. The molecule has 2 aromatic carbocycles. The van der Waals surface area contributed by atoms with E-state index in [9.17, 15) is 4.79 Å². The summed E-state index contributed by atoms with van der Waals surface area (Å²) < 4.78 is 5.76. The van der Waals surface area contributed by atoms with Crippen LogP contribution in [0.4, 0.5) is 11.5 Å². The number of anilines is 2. The van der Waals surface area contributed by atoms with Gasteiger partial charge in [-0.15, -0.1) is 0 Å². The average Bonchev–Trinajstić information content (AvgIpc) is 2.72. The second kappa shape index (κ2) is 9.04. The Balaban J connectivity index is 1.77. The summed E-state index contributed by atoms with van der Waals surface area (Å²) in [6, 6.07) is 21.4. The second-order valence-electron chi connectivity index (χ2n) is 6.78. The molecule has 28 heavy (non-hydrogen) atoms. The summed E-state index contributed by atoms with van der Waals surface area (Å²) in [6.07, 6.45) is 1.69. The molecule has 1 aromatic heterocycles. The molecule has 0 saturated carbocycles. The summed E-state index contributed by atoms with van der Waals surface area (Å²) in [7, 11) is 4.00. The summed E-state index contributed by atoms with van der Waals surface area (Å²) in [5, 5.41) is 0. The second-order valence-corrected chi connectivity index (χ2v) is 6.78. The molecule has 0 spiro atoms. The number of carbonyl (C=O) groups is 1. The molecule has 0 radical (unpaired) electrons. The van der Waals surface area contributed by atoms with E-state index in [2.05, 4.69) is 4.98 Å². The Hall–Kier alpha value is -3.34. The first-order valence-corrected chi connectivity index (χ1v) is 9.20. The highest BCUT2D eigenvalue weighted by Crippen LogP contribution is 2.19. The third kappa shape index (κ3) is 4.88. The third-order valence-electron chi connectivity index (χ3n) is 4.47. The number of rotatable bonds is 7. The van der Waals surface area contributed by atoms with Crippen molar-refractivity contribution < 1.29 is 9.53 Å². The van der Waals surface area contributed by atoms with Gasteiger partial charge in [0.1, 0.15) is 11.6 Å². The fourth-order valence-corrected chi connectivity index (χ4v) is 2.83. The lowest BCUT2D eigenvalue weighted by atomic mass is 10.2. The molecule has 0 N–H and O–H groups in total. The number of aryl methyl sites for hydroxylation is 1. The van der Waals surface area contributed by atoms with Crippen molar-refractivity contribution in [2.75, 3.05) is 30.5 Å². The third-order valence-corrected chi connectivity index (χ3v) is 4.47. The van der Waals surface area contributed by atoms with Crippen LogP contribution in [0, 0.1) is 6.92 Å². The van der Waals surface area contributed by atoms with Crippen molar-refractivity contribution in [3.63, 3.8) is 0 Å². The average molecular weight is 375 g/mol. The first-order valence-electron chi connectivity index (χ1n) is 9.20. The molecule has 0 aliphatic carbocycles. The van der Waals surface area contributed by atoms with Crippen molar-refractivity contribution in [3.8, 4) is 5.75 Å². The minimum atomic E-state index is -0.140. The van der Waals surface area contributed by atoms with Crippen molar-refractivity contribution in [2.24, 2.45) is 0 Å². The van der Waals surface area contributed by atoms with Crippen LogP contribution in [0.15, 0.2) is 72.9 Å². The van der Waals surface area contributed by atoms with Crippen LogP contribution in [0.1, 0.15) is 11.1 Å². The van der Waals surface area contributed by atoms with E-state index in [0.29, 0.717) is 18.1 Å². The highest BCUT2D eigenvalue weighted by Gasteiger charge is 2.18. The van der Waals surface area contributed by atoms with Crippen molar-refractivity contribution in [2.45, 2.75) is 13.5 Å². The zero-order valence-corrected chi connectivity index (χ0v) is 16.5. The maximum absolute atomic E-state index is 13.0. The SMILES string of the molecule is Cc1ccccc1OCC(=O)N(Cc1ccc(N(C)C)cc1)c1ccccn1. The van der Waals surface area contributed by atoms with E-state index >= 15 is 0 Å². The Morgan fingerprint density at radius 3 is 2.32 bits per heavy atom. The van der Waals surface area contributed by atoms with Crippen LogP contribution in [0.3, 0.4) is 0 Å². The van der Waals surface area contributed by atoms with Crippen LogP contribution in [0.25, 0.3) is 0 Å². The summed E-state index contributed by atoms with van der Waals surface area (Å²) in [6.45, 7) is 2.35. The molecule has 1 heterocycles. The Morgan fingerprint density at radius 2 is 1.68 bits per heavy atom. The predicted molar refractivity (Wildman–Crippen MR) is 113 cm³/mol. The minimum Gasteiger partial charge on any atom is -0.483 e. The number of amides is 1. The summed E-state index contributed by atoms with van der Waals surface area (Å²) in [5.74, 6) is 1.18. The lowest BCUT2D eigenvalue weighted by molar-refractivity contribution is -0.120. The Morgan fingerprint density at radius 1 is 0.964 bits per heavy atom. The lowest BCUT2D eigenvalue weighted by Gasteiger charge is -2.22. The largest absolute Gasteiger partial charge is 0.483 e. The van der Waals surface area contributed by atoms with E-state index < -0.39 is 0 Å². The van der Waals surface area contributed by atoms with E-state index in [0.717, 1.165) is 16.8 Å². The van der Waals surface area contributed by atoms with Crippen molar-refractivity contribution >= 4 is 17.4 Å². The van der Waals surface area contributed by atoms with Gasteiger partial charge in [0.2, 0.25) is 0 Å². The smallest absolute Gasteiger partial charge is 0.266 e. The zero-order valence-electron chi connectivity index (χ0n) is 16.5. The number of nitrogens with zero attached hydrogens (tertiary/aromatic N) is 3. The van der Waals surface area contributed by atoms with Gasteiger partial charge in [-0.25, -0.2) is 4.98 Å². The standard InChI is InChI=1S/C23H25N3O2/c1-18-8-4-5-9-21(18)28-17-23(27)26(22-10-6-7-15-24-22)16-19-11-13-20(14-12-19)25(2)3/h4-15H,16-17H2,1-3H3. The summed E-state index contributed by atoms with van der Waals surface area (Å²) >= 11 is 0. The van der Waals surface area contributed by atoms with E-state index in [4.69, 9.17) is 4.74 Å². The molecular weight excluding hydrogens is 350 g/mol. The molecular formula is C23H25N3O2. The molecule has 0 saturated heterocycles. The van der Waals surface area contributed by atoms with Gasteiger partial charge in [0.15, 0.2) is 6.61 Å². The van der Waals surface area contributed by atoms with Gasteiger partial charge < -0.3 is 9.64 Å². The maximum atomic E-state index is 13.0. The number of para-hydroxylation sites is 1. The number of aromatic nitrogens is 1. The van der Waals surface area contributed by atoms with Crippen LogP contribution < -0.4 is 14.5 Å². The van der Waals surface area contributed by atoms with Gasteiger partial charge in [-0.05, 0) is 48.4 Å². The van der Waals surface area contributed by atoms with Crippen LogP contribution in [0.2, 0.25) is 0 Å². The van der Waals surface area contributed by atoms with E-state index in [1.807, 2.05) is 92.6 Å². The number of benzene rings is 2. The number of pyridine rings is 1. The van der Waals surface area contributed by atoms with Crippen molar-refractivity contribution in [1.82, 2.24) is 4.98 Å². The van der Waals surface area contributed by atoms with E-state index in [1.165, 1.54) is 0 Å². The number of ether oxygens (including phenoxy) is 1. The highest BCUT2D eigenvalue weighted by atomic mass is 16.5. The molecule has 3 rings (SSSR count). The molecule has 0 fully saturated rings. The fourth-order valence-electron chi connectivity index (χ4n) is 2.83. The first-order chi connectivity index (χ1) is 13.5. The quantitative estimate of drug-likeness (QED) is 0.625. The Kier molecular flexibility index (Phi) is 6.27. The van der Waals surface area contributed by atoms with Crippen LogP contribution in [-0.2, 0) is 11.3 Å². The van der Waals surface area contributed by atoms with Gasteiger partial charge in [-0.2, -0.15) is 0 Å². The van der Waals surface area contributed by atoms with Crippen molar-refractivity contribution in [1.29, 1.82) is 0 Å². The molecule has 0 bridgehead atoms. The summed E-state index contributed by atoms with van der Waals surface area (Å²) in [5.41, 5.74) is 3.14. The van der Waals surface area contributed by atoms with Gasteiger partial charge in [-0.3, -0.25) is 9.69 Å². The number of hydrogen-bond acceptors (Lipinski definition) is 4. The normalized spacial score (nSPS) is 10.4. The molecule has 0 unspecified atom stereocenters. The Bertz CT molecular complexity index is 909. The molecule has 0 atom stereocenters. The molecule has 0 aliphatic heterocycles. The van der Waals surface area contributed by atoms with Crippen molar-refractivity contribution in [3.05, 3.63) is 84.1 Å². The van der Waals surface area contributed by atoms with Gasteiger partial charge in [0.25, 0.3) is 5.91 Å². The topological polar surface area (TPSA) is 45.7 Å². The predicted octanol–water partition coefficient (Wildman–Crippen LogP) is 4.07. The minimum absolute atomic E-state index is 0.0444. The Labute approximate surface area is 166 Å². The molecule has 5 nitrogen and oxygen atoms in total. The first kappa shape index (κ1) is 19.4. The van der Waals surface area contributed by atoms with Gasteiger partial charge >= 0.3 is 0 Å². The van der Waals surface area contributed by atoms with E-state index in [-0.39, 0.29) is 12.5 Å². The lowest BCUT2D eigenvalue weighted by Crippen LogP contribution is -2.35. The zero-order chi connectivity index (χ0) is 19.9. The highest BCUT2D eigenvalue weighted by molar-refractivity contribution is 5.93. The van der Waals surface area contributed by atoms with Gasteiger partial charge in [0.05, 0.1) is 6.54 Å². The number of hydrogen-bond donors (Lipinski definition) is 0. The van der Waals surface area contributed by atoms with Crippen LogP contribution in [0.5, 0.6) is 5.75 Å². The monoisotopic (exact) mass is 375 g/mol. The summed E-state index contributed by atoms with van der Waals surface area (Å²) in [4.78, 5) is 21.0. The molecule has 0 aliphatic rings. The van der Waals surface area contributed by atoms with Crippen LogP contribution in [-0.4, -0.2) is 31.6 Å². The van der Waals surface area contributed by atoms with E-state index in [1.54, 1.807) is 11.1 Å². The molecule has 144 valence electrons. The maximum Gasteiger partial charge on any atom is 0.266 e. The molecule has 3 aromatic rings. The van der Waals surface area contributed by atoms with Gasteiger partial charge in [-0.1, -0.05) is 36.4 Å². The molecule has 1 amide bonds. The number of carbonyl (C=O) groups excluding carboxylic acids is 1. The van der Waals surface area contributed by atoms with Crippen LogP contribution >= 0.6 is 0 Å². The fraction of sp³-hybridized carbons (Fsp3) is 0.217.